The van der Waals surface area contributed by atoms with Crippen molar-refractivity contribution in [1.82, 2.24) is 0 Å². The molecule has 0 amide bonds. The molecule has 0 aromatic carbocycles. The first-order valence-corrected chi connectivity index (χ1v) is 16.8. The van der Waals surface area contributed by atoms with Gasteiger partial charge in [0.15, 0.2) is 0 Å². The molecule has 0 nitrogen and oxygen atoms in total. The topological polar surface area (TPSA) is 0 Å². The summed E-state index contributed by atoms with van der Waals surface area (Å²) in [6, 6.07) is 6.13. The van der Waals surface area contributed by atoms with Gasteiger partial charge in [-0.1, -0.05) is 0 Å². The molecule has 122 valence electrons. The van der Waals surface area contributed by atoms with E-state index in [-0.39, 0.29) is 19.2 Å². The molecule has 4 rings (SSSR count). The second-order valence-corrected chi connectivity index (χ2v) is 22.5. The van der Waals surface area contributed by atoms with Gasteiger partial charge in [0, 0.05) is 0 Å². The van der Waals surface area contributed by atoms with Crippen molar-refractivity contribution in [2.45, 2.75) is 71.4 Å². The number of hydrogen-bond donors (Lipinski definition) is 0. The molecular formula is C20H30Si2Ti. The van der Waals surface area contributed by atoms with Crippen LogP contribution in [0.5, 0.6) is 0 Å². The molecule has 2 fully saturated rings. The predicted octanol–water partition coefficient (Wildman–Crippen LogP) is 6.46. The van der Waals surface area contributed by atoms with Gasteiger partial charge in [0.2, 0.25) is 0 Å². The van der Waals surface area contributed by atoms with Gasteiger partial charge in [0.05, 0.1) is 0 Å². The molecule has 2 saturated heterocycles. The zero-order chi connectivity index (χ0) is 16.3. The van der Waals surface area contributed by atoms with E-state index in [0.29, 0.717) is 7.44 Å². The van der Waals surface area contributed by atoms with Crippen LogP contribution in [0.3, 0.4) is 0 Å². The first-order valence-electron chi connectivity index (χ1n) is 9.39. The molecule has 0 saturated carbocycles. The summed E-state index contributed by atoms with van der Waals surface area (Å²) in [7, 11) is -2.01. The Hall–Kier alpha value is 0.108. The molecule has 2 aliphatic carbocycles. The number of allylic oxidation sites excluding steroid dienone is 8. The Balaban J connectivity index is 1.52. The molecule has 0 bridgehead atoms. The first-order chi connectivity index (χ1) is 10.7. The van der Waals surface area contributed by atoms with E-state index in [2.05, 4.69) is 63.4 Å². The summed E-state index contributed by atoms with van der Waals surface area (Å²) in [5.74, 6) is 0. The summed E-state index contributed by atoms with van der Waals surface area (Å²) in [6.07, 6.45) is 18.6. The van der Waals surface area contributed by atoms with Crippen molar-refractivity contribution in [2.24, 2.45) is 0 Å². The molecule has 3 heteroatoms. The summed E-state index contributed by atoms with van der Waals surface area (Å²) < 4.78 is 0.794. The van der Waals surface area contributed by atoms with E-state index in [1.165, 1.54) is 37.0 Å². The van der Waals surface area contributed by atoms with Crippen molar-refractivity contribution >= 4 is 16.1 Å². The Bertz CT molecular complexity index is 593. The van der Waals surface area contributed by atoms with E-state index in [1.54, 1.807) is 10.4 Å². The third kappa shape index (κ3) is 2.84. The van der Waals surface area contributed by atoms with Crippen molar-refractivity contribution < 1.29 is 19.2 Å². The minimum atomic E-state index is -1.00. The second-order valence-electron chi connectivity index (χ2n) is 9.38. The van der Waals surface area contributed by atoms with Gasteiger partial charge in [-0.2, -0.15) is 0 Å². The van der Waals surface area contributed by atoms with Gasteiger partial charge in [0.25, 0.3) is 0 Å². The summed E-state index contributed by atoms with van der Waals surface area (Å²) >= 11 is -0.107. The predicted molar refractivity (Wildman–Crippen MR) is 103 cm³/mol. The van der Waals surface area contributed by atoms with E-state index in [4.69, 9.17) is 0 Å². The van der Waals surface area contributed by atoms with Crippen molar-refractivity contribution in [1.29, 1.82) is 0 Å². The number of rotatable bonds is 4. The van der Waals surface area contributed by atoms with Gasteiger partial charge in [0.1, 0.15) is 0 Å². The van der Waals surface area contributed by atoms with Crippen LogP contribution in [0.1, 0.15) is 26.7 Å². The third-order valence-electron chi connectivity index (χ3n) is 6.98. The third-order valence-corrected chi connectivity index (χ3v) is 18.9. The van der Waals surface area contributed by atoms with E-state index in [1.807, 2.05) is 0 Å². The Morgan fingerprint density at radius 3 is 1.48 bits per heavy atom. The fourth-order valence-electron chi connectivity index (χ4n) is 4.84. The Kier molecular flexibility index (Phi) is 3.82. The Morgan fingerprint density at radius 2 is 1.17 bits per heavy atom. The summed E-state index contributed by atoms with van der Waals surface area (Å²) in [6.45, 7) is 10.2. The Morgan fingerprint density at radius 1 is 0.783 bits per heavy atom. The van der Waals surface area contributed by atoms with Crippen molar-refractivity contribution in [2.75, 3.05) is 0 Å². The molecule has 0 spiro atoms. The minimum absolute atomic E-state index is 0.107. The van der Waals surface area contributed by atoms with Crippen LogP contribution in [-0.2, 0) is 19.2 Å². The SMILES string of the molecule is C[C]1([Ti][C]2(C)C=CC([Si]3(C)CCC3)=C2)C=CC([Si]2(C)CCC2)=C1. The quantitative estimate of drug-likeness (QED) is 0.495. The zero-order valence-corrected chi connectivity index (χ0v) is 18.8. The second kappa shape index (κ2) is 5.30. The standard InChI is InChI=1S/2C10H15Si.Ti/c2*1-9-4-5-10(8-9)11(2)6-3-7-11;/h2*4-5,8H,3,6-7H2,1-2H3;. The number of hydrogen-bond acceptors (Lipinski definition) is 0. The van der Waals surface area contributed by atoms with E-state index >= 15 is 0 Å². The van der Waals surface area contributed by atoms with E-state index in [9.17, 15) is 0 Å². The molecule has 2 heterocycles. The van der Waals surface area contributed by atoms with Crippen LogP contribution < -0.4 is 0 Å². The van der Waals surface area contributed by atoms with Crippen LogP contribution >= 0.6 is 0 Å². The first kappa shape index (κ1) is 16.6. The van der Waals surface area contributed by atoms with Crippen LogP contribution in [0, 0.1) is 0 Å². The van der Waals surface area contributed by atoms with Gasteiger partial charge in [-0.15, -0.1) is 0 Å². The maximum absolute atomic E-state index is 2.71. The molecule has 2 aliphatic heterocycles. The van der Waals surface area contributed by atoms with Gasteiger partial charge >= 0.3 is 154 Å². The van der Waals surface area contributed by atoms with Gasteiger partial charge < -0.3 is 0 Å². The fourth-order valence-corrected chi connectivity index (χ4v) is 14.6. The van der Waals surface area contributed by atoms with Crippen molar-refractivity contribution in [3.8, 4) is 0 Å². The monoisotopic (exact) mass is 374 g/mol. The zero-order valence-electron chi connectivity index (χ0n) is 15.2. The fraction of sp³-hybridized carbons (Fsp3) is 0.600. The molecule has 0 aromatic heterocycles. The molecule has 0 radical (unpaired) electrons. The van der Waals surface area contributed by atoms with E-state index < -0.39 is 16.1 Å². The molecule has 2 unspecified atom stereocenters. The van der Waals surface area contributed by atoms with E-state index in [0.717, 1.165) is 0 Å². The molecule has 0 N–H and O–H groups in total. The molecule has 2 atom stereocenters. The van der Waals surface area contributed by atoms with Crippen LogP contribution in [-0.4, -0.2) is 16.1 Å². The molecule has 0 aromatic rings. The normalized spacial score (nSPS) is 39.5. The van der Waals surface area contributed by atoms with Crippen LogP contribution in [0.2, 0.25) is 44.7 Å². The average Bonchev–Trinajstić information content (AvgIpc) is 2.98. The van der Waals surface area contributed by atoms with Gasteiger partial charge in [-0.3, -0.25) is 0 Å². The summed E-state index contributed by atoms with van der Waals surface area (Å²) in [5.41, 5.74) is 0. The van der Waals surface area contributed by atoms with Gasteiger partial charge in [-0.05, 0) is 0 Å². The van der Waals surface area contributed by atoms with Crippen LogP contribution in [0.25, 0.3) is 0 Å². The van der Waals surface area contributed by atoms with Crippen molar-refractivity contribution in [3.63, 3.8) is 0 Å². The summed E-state index contributed by atoms with van der Waals surface area (Å²) in [5, 5.41) is 3.57. The molecule has 23 heavy (non-hydrogen) atoms. The molecule has 4 aliphatic rings. The summed E-state index contributed by atoms with van der Waals surface area (Å²) in [4.78, 5) is 0. The van der Waals surface area contributed by atoms with Crippen LogP contribution in [0.4, 0.5) is 0 Å². The van der Waals surface area contributed by atoms with Crippen LogP contribution in [0.15, 0.2) is 46.8 Å². The van der Waals surface area contributed by atoms with Gasteiger partial charge in [-0.25, -0.2) is 0 Å². The Labute approximate surface area is 153 Å². The molecular weight excluding hydrogens is 344 g/mol. The van der Waals surface area contributed by atoms with Crippen molar-refractivity contribution in [3.05, 3.63) is 46.8 Å². The average molecular weight is 374 g/mol. The maximum atomic E-state index is 2.71.